The van der Waals surface area contributed by atoms with Gasteiger partial charge in [0.05, 0.1) is 17.8 Å². The largest absolute Gasteiger partial charge is 0.478 e. The van der Waals surface area contributed by atoms with Crippen LogP contribution in [0.15, 0.2) is 17.5 Å². The summed E-state index contributed by atoms with van der Waals surface area (Å²) in [6.45, 7) is 0.215. The molecule has 1 aliphatic heterocycles. The van der Waals surface area contributed by atoms with Gasteiger partial charge in [-0.15, -0.1) is 11.3 Å². The fourth-order valence-electron chi connectivity index (χ4n) is 1.82. The van der Waals surface area contributed by atoms with E-state index in [2.05, 4.69) is 0 Å². The minimum Gasteiger partial charge on any atom is -0.478 e. The van der Waals surface area contributed by atoms with Crippen LogP contribution in [0.5, 0.6) is 0 Å². The molecule has 1 fully saturated rings. The van der Waals surface area contributed by atoms with Gasteiger partial charge in [-0.2, -0.15) is 0 Å². The Morgan fingerprint density at radius 1 is 1.32 bits per heavy atom. The minimum absolute atomic E-state index is 0.107. The average molecular weight is 283 g/mol. The first kappa shape index (κ1) is 13.7. The molecule has 7 heteroatoms. The summed E-state index contributed by atoms with van der Waals surface area (Å²) < 4.78 is 0. The van der Waals surface area contributed by atoms with Gasteiger partial charge in [0.1, 0.15) is 0 Å². The van der Waals surface area contributed by atoms with Crippen molar-refractivity contribution in [2.24, 2.45) is 0 Å². The Kier molecular flexibility index (Phi) is 3.98. The van der Waals surface area contributed by atoms with E-state index in [-0.39, 0.29) is 19.0 Å². The van der Waals surface area contributed by atoms with Crippen LogP contribution in [0.25, 0.3) is 6.08 Å². The number of aliphatic carboxylic acids is 1. The van der Waals surface area contributed by atoms with Gasteiger partial charge < -0.3 is 20.2 Å². The predicted molar refractivity (Wildman–Crippen MR) is 68.9 cm³/mol. The first-order valence-corrected chi connectivity index (χ1v) is 6.50. The third kappa shape index (κ3) is 3.19. The molecule has 0 aliphatic carbocycles. The molecule has 1 aliphatic rings. The zero-order chi connectivity index (χ0) is 14.0. The lowest BCUT2D eigenvalue weighted by Gasteiger charge is -2.13. The Morgan fingerprint density at radius 3 is 2.53 bits per heavy atom. The van der Waals surface area contributed by atoms with Crippen LogP contribution in [-0.4, -0.2) is 57.4 Å². The van der Waals surface area contributed by atoms with E-state index in [1.807, 2.05) is 0 Å². The van der Waals surface area contributed by atoms with Crippen LogP contribution in [-0.2, 0) is 4.79 Å². The molecule has 2 unspecified atom stereocenters. The van der Waals surface area contributed by atoms with Crippen molar-refractivity contribution < 1.29 is 24.9 Å². The number of carbonyl (C=O) groups excluding carboxylic acids is 1. The Labute approximate surface area is 113 Å². The molecule has 0 bridgehead atoms. The van der Waals surface area contributed by atoms with Crippen molar-refractivity contribution in [1.82, 2.24) is 4.90 Å². The molecule has 0 aromatic carbocycles. The van der Waals surface area contributed by atoms with Crippen LogP contribution >= 0.6 is 11.3 Å². The highest BCUT2D eigenvalue weighted by Gasteiger charge is 2.33. The Hall–Kier alpha value is -1.70. The number of carbonyl (C=O) groups is 2. The summed E-state index contributed by atoms with van der Waals surface area (Å²) in [6.07, 6.45) is 0.601. The molecule has 0 saturated carbocycles. The van der Waals surface area contributed by atoms with E-state index in [1.54, 1.807) is 11.4 Å². The number of aliphatic hydroxyl groups excluding tert-OH is 2. The van der Waals surface area contributed by atoms with Crippen molar-refractivity contribution in [3.8, 4) is 0 Å². The Balaban J connectivity index is 2.06. The lowest BCUT2D eigenvalue weighted by Crippen LogP contribution is -2.29. The van der Waals surface area contributed by atoms with Crippen molar-refractivity contribution >= 4 is 29.3 Å². The summed E-state index contributed by atoms with van der Waals surface area (Å²) in [5, 5.41) is 28.9. The maximum absolute atomic E-state index is 12.1. The Morgan fingerprint density at radius 2 is 1.95 bits per heavy atom. The highest BCUT2D eigenvalue weighted by Crippen LogP contribution is 2.20. The molecule has 0 spiro atoms. The number of amides is 1. The van der Waals surface area contributed by atoms with Gasteiger partial charge >= 0.3 is 5.97 Å². The van der Waals surface area contributed by atoms with Crippen LogP contribution in [0.4, 0.5) is 0 Å². The third-order valence-corrected chi connectivity index (χ3v) is 3.70. The second-order valence-electron chi connectivity index (χ2n) is 4.25. The number of rotatable bonds is 3. The summed E-state index contributed by atoms with van der Waals surface area (Å²) in [5.41, 5.74) is 0.427. The number of hydrogen-bond donors (Lipinski definition) is 3. The molecule has 102 valence electrons. The molecule has 2 atom stereocenters. The number of carboxylic acid groups (broad SMARTS) is 1. The molecule has 0 radical (unpaired) electrons. The summed E-state index contributed by atoms with van der Waals surface area (Å²) >= 11 is 1.26. The normalized spacial score (nSPS) is 23.2. The lowest BCUT2D eigenvalue weighted by molar-refractivity contribution is -0.131. The summed E-state index contributed by atoms with van der Waals surface area (Å²) in [5.74, 6) is -1.33. The van der Waals surface area contributed by atoms with Crippen LogP contribution in [0.1, 0.15) is 15.2 Å². The van der Waals surface area contributed by atoms with Gasteiger partial charge in [0.15, 0.2) is 0 Å². The van der Waals surface area contributed by atoms with Crippen molar-refractivity contribution in [3.63, 3.8) is 0 Å². The number of hydrogen-bond acceptors (Lipinski definition) is 5. The van der Waals surface area contributed by atoms with E-state index >= 15 is 0 Å². The zero-order valence-corrected chi connectivity index (χ0v) is 10.7. The topological polar surface area (TPSA) is 98.1 Å². The molecule has 1 aromatic heterocycles. The molecule has 2 rings (SSSR count). The second kappa shape index (κ2) is 5.52. The number of thiophene rings is 1. The number of carboxylic acids is 1. The molecular weight excluding hydrogens is 270 g/mol. The van der Waals surface area contributed by atoms with E-state index in [1.165, 1.54) is 22.3 Å². The molecule has 2 heterocycles. The predicted octanol–water partition coefficient (Wildman–Crippen LogP) is 0.0235. The number of β-amino-alcohol motifs (C(OH)–C–C–N with tert-alkyl or cyclic N) is 2. The van der Waals surface area contributed by atoms with Crippen molar-refractivity contribution in [2.75, 3.05) is 13.1 Å². The van der Waals surface area contributed by atoms with Crippen LogP contribution < -0.4 is 0 Å². The van der Waals surface area contributed by atoms with Gasteiger partial charge in [-0.1, -0.05) is 0 Å². The molecule has 1 aromatic rings. The average Bonchev–Trinajstić information content (AvgIpc) is 2.94. The highest BCUT2D eigenvalue weighted by atomic mass is 32.1. The van der Waals surface area contributed by atoms with Gasteiger partial charge in [0.2, 0.25) is 0 Å². The molecule has 3 N–H and O–H groups in total. The summed E-state index contributed by atoms with van der Waals surface area (Å²) in [4.78, 5) is 24.5. The van der Waals surface area contributed by atoms with Gasteiger partial charge in [0, 0.05) is 29.4 Å². The third-order valence-electron chi connectivity index (χ3n) is 2.80. The van der Waals surface area contributed by atoms with Crippen LogP contribution in [0, 0.1) is 0 Å². The molecule has 6 nitrogen and oxygen atoms in total. The minimum atomic E-state index is -1.05. The first-order chi connectivity index (χ1) is 8.97. The fraction of sp³-hybridized carbons (Fsp3) is 0.333. The van der Waals surface area contributed by atoms with Crippen LogP contribution in [0.3, 0.4) is 0 Å². The Bertz CT molecular complexity index is 514. The van der Waals surface area contributed by atoms with Gasteiger partial charge in [-0.05, 0) is 12.1 Å². The van der Waals surface area contributed by atoms with Gasteiger partial charge in [0.25, 0.3) is 5.91 Å². The standard InChI is InChI=1S/C12H13NO5S/c14-9-4-13(5-10(9)15)12(18)7-3-8(19-6-7)1-2-11(16)17/h1-3,6,9-10,14-15H,4-5H2,(H,16,17)/b2-1+. The van der Waals surface area contributed by atoms with Gasteiger partial charge in [-0.25, -0.2) is 4.79 Å². The fourth-order valence-corrected chi connectivity index (χ4v) is 2.60. The second-order valence-corrected chi connectivity index (χ2v) is 5.20. The van der Waals surface area contributed by atoms with E-state index in [0.717, 1.165) is 6.08 Å². The van der Waals surface area contributed by atoms with Crippen molar-refractivity contribution in [3.05, 3.63) is 28.0 Å². The number of aliphatic hydroxyl groups is 2. The quantitative estimate of drug-likeness (QED) is 0.680. The van der Waals surface area contributed by atoms with E-state index in [0.29, 0.717) is 10.4 Å². The summed E-state index contributed by atoms with van der Waals surface area (Å²) in [6, 6.07) is 1.59. The molecule has 1 amide bonds. The first-order valence-electron chi connectivity index (χ1n) is 5.62. The highest BCUT2D eigenvalue weighted by molar-refractivity contribution is 7.11. The maximum Gasteiger partial charge on any atom is 0.328 e. The lowest BCUT2D eigenvalue weighted by atomic mass is 10.2. The number of likely N-dealkylation sites (tertiary alicyclic amines) is 1. The smallest absolute Gasteiger partial charge is 0.328 e. The molecule has 19 heavy (non-hydrogen) atoms. The molecular formula is C12H13NO5S. The maximum atomic E-state index is 12.1. The van der Waals surface area contributed by atoms with Crippen molar-refractivity contribution in [1.29, 1.82) is 0 Å². The van der Waals surface area contributed by atoms with Gasteiger partial charge in [-0.3, -0.25) is 4.79 Å². The number of nitrogens with zero attached hydrogens (tertiary/aromatic N) is 1. The van der Waals surface area contributed by atoms with E-state index in [4.69, 9.17) is 5.11 Å². The summed E-state index contributed by atoms with van der Waals surface area (Å²) in [7, 11) is 0. The zero-order valence-electron chi connectivity index (χ0n) is 9.89. The van der Waals surface area contributed by atoms with Crippen LogP contribution in [0.2, 0.25) is 0 Å². The van der Waals surface area contributed by atoms with Crippen molar-refractivity contribution in [2.45, 2.75) is 12.2 Å². The molecule has 1 saturated heterocycles. The van der Waals surface area contributed by atoms with E-state index in [9.17, 15) is 19.8 Å². The monoisotopic (exact) mass is 283 g/mol. The van der Waals surface area contributed by atoms with E-state index < -0.39 is 18.2 Å². The SMILES string of the molecule is O=C(O)/C=C/c1cc(C(=O)N2CC(O)C(O)C2)cs1.